The molecule has 0 aromatic carbocycles. The van der Waals surface area contributed by atoms with Crippen LogP contribution in [0, 0.1) is 5.92 Å². The summed E-state index contributed by atoms with van der Waals surface area (Å²) in [4.78, 5) is 11.3. The summed E-state index contributed by atoms with van der Waals surface area (Å²) in [6, 6.07) is 0.308. The standard InChI is InChI=1S/C10H20ClNO/c1-4-9(8(2)3)12-10(13)6-5-7-11/h8-9H,4-7H2,1-3H3,(H,12,13). The van der Waals surface area contributed by atoms with Crippen molar-refractivity contribution < 1.29 is 4.79 Å². The molecule has 3 heteroatoms. The van der Waals surface area contributed by atoms with E-state index in [1.165, 1.54) is 0 Å². The minimum atomic E-state index is 0.126. The molecule has 0 saturated heterocycles. The summed E-state index contributed by atoms with van der Waals surface area (Å²) in [5.74, 6) is 1.19. The number of hydrogen-bond acceptors (Lipinski definition) is 1. The van der Waals surface area contributed by atoms with E-state index in [9.17, 15) is 4.79 Å². The molecule has 1 N–H and O–H groups in total. The summed E-state index contributed by atoms with van der Waals surface area (Å²) in [6.07, 6.45) is 2.30. The van der Waals surface area contributed by atoms with Gasteiger partial charge in [-0.25, -0.2) is 0 Å². The first-order valence-corrected chi connectivity index (χ1v) is 5.50. The maximum atomic E-state index is 11.3. The monoisotopic (exact) mass is 205 g/mol. The van der Waals surface area contributed by atoms with Crippen molar-refractivity contribution in [1.29, 1.82) is 0 Å². The molecule has 0 bridgehead atoms. The lowest BCUT2D eigenvalue weighted by Crippen LogP contribution is -2.37. The fourth-order valence-corrected chi connectivity index (χ4v) is 1.38. The third-order valence-electron chi connectivity index (χ3n) is 2.13. The quantitative estimate of drug-likeness (QED) is 0.664. The highest BCUT2D eigenvalue weighted by atomic mass is 35.5. The van der Waals surface area contributed by atoms with Gasteiger partial charge in [0.15, 0.2) is 0 Å². The molecule has 1 unspecified atom stereocenters. The highest BCUT2D eigenvalue weighted by Crippen LogP contribution is 2.05. The second-order valence-electron chi connectivity index (χ2n) is 3.62. The fourth-order valence-electron chi connectivity index (χ4n) is 1.25. The molecule has 13 heavy (non-hydrogen) atoms. The highest BCUT2D eigenvalue weighted by Gasteiger charge is 2.12. The van der Waals surface area contributed by atoms with E-state index in [0.29, 0.717) is 24.3 Å². The van der Waals surface area contributed by atoms with Gasteiger partial charge >= 0.3 is 0 Å². The average Bonchev–Trinajstić information content (AvgIpc) is 2.10. The minimum absolute atomic E-state index is 0.126. The first kappa shape index (κ1) is 12.8. The molecular weight excluding hydrogens is 186 g/mol. The number of amides is 1. The van der Waals surface area contributed by atoms with E-state index in [1.54, 1.807) is 0 Å². The molecule has 0 aliphatic heterocycles. The Labute approximate surface area is 86.0 Å². The van der Waals surface area contributed by atoms with Gasteiger partial charge in [-0.3, -0.25) is 4.79 Å². The van der Waals surface area contributed by atoms with Crippen molar-refractivity contribution in [2.75, 3.05) is 5.88 Å². The van der Waals surface area contributed by atoms with Crippen LogP contribution in [0.5, 0.6) is 0 Å². The van der Waals surface area contributed by atoms with Gasteiger partial charge in [0.1, 0.15) is 0 Å². The Morgan fingerprint density at radius 2 is 2.08 bits per heavy atom. The zero-order chi connectivity index (χ0) is 10.3. The van der Waals surface area contributed by atoms with Gasteiger partial charge in [0, 0.05) is 18.3 Å². The number of rotatable bonds is 6. The topological polar surface area (TPSA) is 29.1 Å². The van der Waals surface area contributed by atoms with Crippen LogP contribution < -0.4 is 5.32 Å². The predicted octanol–water partition coefficient (Wildman–Crippen LogP) is 2.56. The molecular formula is C10H20ClNO. The third-order valence-corrected chi connectivity index (χ3v) is 2.40. The lowest BCUT2D eigenvalue weighted by Gasteiger charge is -2.20. The van der Waals surface area contributed by atoms with E-state index >= 15 is 0 Å². The van der Waals surface area contributed by atoms with Crippen LogP contribution >= 0.6 is 11.6 Å². The number of nitrogens with one attached hydrogen (secondary N) is 1. The molecule has 1 amide bonds. The van der Waals surface area contributed by atoms with Crippen molar-refractivity contribution in [2.24, 2.45) is 5.92 Å². The normalized spacial score (nSPS) is 13.0. The highest BCUT2D eigenvalue weighted by molar-refractivity contribution is 6.17. The molecule has 0 spiro atoms. The third kappa shape index (κ3) is 5.92. The molecule has 0 radical (unpaired) electrons. The van der Waals surface area contributed by atoms with Gasteiger partial charge < -0.3 is 5.32 Å². The van der Waals surface area contributed by atoms with Crippen LogP contribution in [0.25, 0.3) is 0 Å². The van der Waals surface area contributed by atoms with Gasteiger partial charge in [0.25, 0.3) is 0 Å². The molecule has 0 fully saturated rings. The fraction of sp³-hybridized carbons (Fsp3) is 0.900. The Kier molecular flexibility index (Phi) is 7.06. The Bertz CT molecular complexity index is 148. The van der Waals surface area contributed by atoms with E-state index in [4.69, 9.17) is 11.6 Å². The molecule has 0 heterocycles. The zero-order valence-electron chi connectivity index (χ0n) is 8.77. The molecule has 78 valence electrons. The van der Waals surface area contributed by atoms with Gasteiger partial charge in [-0.05, 0) is 18.8 Å². The second kappa shape index (κ2) is 7.19. The Balaban J connectivity index is 3.73. The average molecular weight is 206 g/mol. The molecule has 2 nitrogen and oxygen atoms in total. The van der Waals surface area contributed by atoms with Crippen molar-refractivity contribution in [3.05, 3.63) is 0 Å². The van der Waals surface area contributed by atoms with Gasteiger partial charge in [-0.2, -0.15) is 0 Å². The summed E-state index contributed by atoms with van der Waals surface area (Å²) < 4.78 is 0. The Morgan fingerprint density at radius 3 is 2.46 bits per heavy atom. The Hall–Kier alpha value is -0.240. The SMILES string of the molecule is CCC(NC(=O)CCCCl)C(C)C. The van der Waals surface area contributed by atoms with Crippen LogP contribution in [-0.4, -0.2) is 17.8 Å². The van der Waals surface area contributed by atoms with Crippen molar-refractivity contribution in [3.63, 3.8) is 0 Å². The van der Waals surface area contributed by atoms with Crippen LogP contribution in [0.3, 0.4) is 0 Å². The number of halogens is 1. The van der Waals surface area contributed by atoms with Gasteiger partial charge in [0.05, 0.1) is 0 Å². The summed E-state index contributed by atoms with van der Waals surface area (Å²) in [5.41, 5.74) is 0. The molecule has 0 saturated carbocycles. The van der Waals surface area contributed by atoms with Crippen LogP contribution in [-0.2, 0) is 4.79 Å². The second-order valence-corrected chi connectivity index (χ2v) is 4.00. The maximum Gasteiger partial charge on any atom is 0.220 e. The largest absolute Gasteiger partial charge is 0.353 e. The van der Waals surface area contributed by atoms with Crippen LogP contribution in [0.4, 0.5) is 0 Å². The number of carbonyl (C=O) groups excluding carboxylic acids is 1. The van der Waals surface area contributed by atoms with E-state index < -0.39 is 0 Å². The molecule has 1 atom stereocenters. The summed E-state index contributed by atoms with van der Waals surface area (Å²) >= 11 is 5.50. The van der Waals surface area contributed by atoms with Crippen LogP contribution in [0.1, 0.15) is 40.0 Å². The van der Waals surface area contributed by atoms with Crippen molar-refractivity contribution in [3.8, 4) is 0 Å². The summed E-state index contributed by atoms with van der Waals surface area (Å²) in [6.45, 7) is 6.33. The number of alkyl halides is 1. The van der Waals surface area contributed by atoms with Crippen LogP contribution in [0.15, 0.2) is 0 Å². The van der Waals surface area contributed by atoms with Gasteiger partial charge in [-0.15, -0.1) is 11.6 Å². The lowest BCUT2D eigenvalue weighted by atomic mass is 10.0. The minimum Gasteiger partial charge on any atom is -0.353 e. The van der Waals surface area contributed by atoms with E-state index in [-0.39, 0.29) is 5.91 Å². The number of hydrogen-bond donors (Lipinski definition) is 1. The van der Waals surface area contributed by atoms with Gasteiger partial charge in [-0.1, -0.05) is 20.8 Å². The van der Waals surface area contributed by atoms with E-state index in [0.717, 1.165) is 12.8 Å². The molecule has 0 aromatic heterocycles. The smallest absolute Gasteiger partial charge is 0.220 e. The first-order chi connectivity index (χ1) is 6.11. The van der Waals surface area contributed by atoms with Crippen molar-refractivity contribution >= 4 is 17.5 Å². The predicted molar refractivity (Wildman–Crippen MR) is 57.0 cm³/mol. The molecule has 0 aromatic rings. The summed E-state index contributed by atoms with van der Waals surface area (Å²) in [7, 11) is 0. The van der Waals surface area contributed by atoms with Crippen molar-refractivity contribution in [1.82, 2.24) is 5.32 Å². The zero-order valence-corrected chi connectivity index (χ0v) is 9.53. The molecule has 0 aliphatic carbocycles. The Morgan fingerprint density at radius 1 is 1.46 bits per heavy atom. The van der Waals surface area contributed by atoms with Gasteiger partial charge in [0.2, 0.25) is 5.91 Å². The summed E-state index contributed by atoms with van der Waals surface area (Å²) in [5, 5.41) is 3.00. The van der Waals surface area contributed by atoms with E-state index in [1.807, 2.05) is 0 Å². The van der Waals surface area contributed by atoms with Crippen molar-refractivity contribution in [2.45, 2.75) is 46.1 Å². The maximum absolute atomic E-state index is 11.3. The molecule has 0 aliphatic rings. The lowest BCUT2D eigenvalue weighted by molar-refractivity contribution is -0.122. The van der Waals surface area contributed by atoms with Crippen LogP contribution in [0.2, 0.25) is 0 Å². The van der Waals surface area contributed by atoms with E-state index in [2.05, 4.69) is 26.1 Å². The molecule has 0 rings (SSSR count). The number of carbonyl (C=O) groups is 1. The first-order valence-electron chi connectivity index (χ1n) is 4.97.